The van der Waals surface area contributed by atoms with E-state index in [-0.39, 0.29) is 24.2 Å². The monoisotopic (exact) mass is 627 g/mol. The molecular formula is C35H45N7O4. The van der Waals surface area contributed by atoms with Gasteiger partial charge in [0.25, 0.3) is 5.91 Å². The van der Waals surface area contributed by atoms with Crippen LogP contribution < -0.4 is 5.32 Å². The lowest BCUT2D eigenvalue weighted by atomic mass is 9.93. The molecular weight excluding hydrogens is 582 g/mol. The van der Waals surface area contributed by atoms with Gasteiger partial charge in [-0.05, 0) is 102 Å². The van der Waals surface area contributed by atoms with E-state index in [0.717, 1.165) is 78.1 Å². The van der Waals surface area contributed by atoms with E-state index in [9.17, 15) is 14.7 Å². The zero-order valence-electron chi connectivity index (χ0n) is 27.5. The Balaban J connectivity index is 1.37. The lowest BCUT2D eigenvalue weighted by Gasteiger charge is -2.38. The Bertz CT molecular complexity index is 1720. The standard InChI is InChI=1S/C35H45N7O4/c1-21(41(34(44)45)35(3,4)5)16-24-18-36-19-27(22(24)2)23-13-14-29-26(17-23)31(40-42(29)30-12-8-9-15-46-30)32-37-20-28(39-32)33(43)38-25-10-6-7-11-25/h13-14,17-21,25,30H,6-12,15-16H2,1-5H3,(H,37,39)(H,38,43)(H,44,45). The van der Waals surface area contributed by atoms with Gasteiger partial charge in [0.05, 0.1) is 11.7 Å². The van der Waals surface area contributed by atoms with Crippen molar-refractivity contribution in [3.8, 4) is 22.6 Å². The van der Waals surface area contributed by atoms with Crippen LogP contribution in [-0.2, 0) is 11.2 Å². The number of ether oxygens (including phenoxy) is 1. The summed E-state index contributed by atoms with van der Waals surface area (Å²) in [6.07, 6.45) is 12.0. The molecule has 2 atom stereocenters. The summed E-state index contributed by atoms with van der Waals surface area (Å²) in [4.78, 5) is 39.1. The number of H-pyrrole nitrogens is 1. The number of carbonyl (C=O) groups excluding carboxylic acids is 1. The van der Waals surface area contributed by atoms with Gasteiger partial charge >= 0.3 is 6.09 Å². The van der Waals surface area contributed by atoms with Gasteiger partial charge in [-0.15, -0.1) is 0 Å². The summed E-state index contributed by atoms with van der Waals surface area (Å²) in [6, 6.07) is 6.21. The maximum Gasteiger partial charge on any atom is 0.407 e. The van der Waals surface area contributed by atoms with Gasteiger partial charge in [-0.25, -0.2) is 14.5 Å². The first-order chi connectivity index (χ1) is 22.0. The largest absolute Gasteiger partial charge is 0.465 e. The Morgan fingerprint density at radius 2 is 1.89 bits per heavy atom. The van der Waals surface area contributed by atoms with E-state index in [4.69, 9.17) is 9.84 Å². The van der Waals surface area contributed by atoms with E-state index in [1.165, 1.54) is 4.90 Å². The van der Waals surface area contributed by atoms with Crippen molar-refractivity contribution in [2.75, 3.05) is 6.61 Å². The molecule has 2 aliphatic rings. The van der Waals surface area contributed by atoms with Gasteiger partial charge in [-0.1, -0.05) is 18.9 Å². The summed E-state index contributed by atoms with van der Waals surface area (Å²) >= 11 is 0. The number of rotatable bonds is 8. The molecule has 0 bridgehead atoms. The van der Waals surface area contributed by atoms with Gasteiger partial charge in [0.2, 0.25) is 0 Å². The highest BCUT2D eigenvalue weighted by Gasteiger charge is 2.31. The Morgan fingerprint density at radius 3 is 2.59 bits per heavy atom. The molecule has 1 aromatic carbocycles. The lowest BCUT2D eigenvalue weighted by Crippen LogP contribution is -2.50. The zero-order valence-corrected chi connectivity index (χ0v) is 27.5. The third kappa shape index (κ3) is 6.38. The third-order valence-electron chi connectivity index (χ3n) is 9.39. The number of fused-ring (bicyclic) bond motifs is 1. The quantitative estimate of drug-likeness (QED) is 0.194. The Kier molecular flexibility index (Phi) is 8.87. The second-order valence-corrected chi connectivity index (χ2v) is 13.8. The average Bonchev–Trinajstić information content (AvgIpc) is 3.78. The average molecular weight is 628 g/mol. The molecule has 1 saturated carbocycles. The maximum absolute atomic E-state index is 13.0. The van der Waals surface area contributed by atoms with Crippen molar-refractivity contribution in [1.82, 2.24) is 34.9 Å². The van der Waals surface area contributed by atoms with Gasteiger partial charge in [-0.3, -0.25) is 9.78 Å². The molecule has 11 nitrogen and oxygen atoms in total. The van der Waals surface area contributed by atoms with Gasteiger partial charge in [0.1, 0.15) is 11.4 Å². The van der Waals surface area contributed by atoms with Crippen LogP contribution in [0.25, 0.3) is 33.5 Å². The Hall–Kier alpha value is -4.25. The van der Waals surface area contributed by atoms with Crippen LogP contribution in [0.15, 0.2) is 36.8 Å². The zero-order chi connectivity index (χ0) is 32.6. The van der Waals surface area contributed by atoms with Crippen molar-refractivity contribution in [1.29, 1.82) is 0 Å². The summed E-state index contributed by atoms with van der Waals surface area (Å²) in [5.41, 5.74) is 5.45. The number of imidazole rings is 1. The van der Waals surface area contributed by atoms with Crippen LogP contribution in [0, 0.1) is 6.92 Å². The van der Waals surface area contributed by atoms with Gasteiger partial charge in [0.15, 0.2) is 12.1 Å². The minimum atomic E-state index is -0.934. The molecule has 244 valence electrons. The van der Waals surface area contributed by atoms with Crippen molar-refractivity contribution < 1.29 is 19.4 Å². The van der Waals surface area contributed by atoms with Crippen LogP contribution in [0.1, 0.15) is 100 Å². The lowest BCUT2D eigenvalue weighted by molar-refractivity contribution is -0.0365. The number of nitrogens with one attached hydrogen (secondary N) is 2. The third-order valence-corrected chi connectivity index (χ3v) is 9.39. The van der Waals surface area contributed by atoms with Crippen molar-refractivity contribution in [2.24, 2.45) is 0 Å². The highest BCUT2D eigenvalue weighted by molar-refractivity contribution is 5.97. The van der Waals surface area contributed by atoms with E-state index >= 15 is 0 Å². The smallest absolute Gasteiger partial charge is 0.407 e. The highest BCUT2D eigenvalue weighted by Crippen LogP contribution is 2.36. The second-order valence-electron chi connectivity index (χ2n) is 13.8. The van der Waals surface area contributed by atoms with Crippen LogP contribution in [0.5, 0.6) is 0 Å². The van der Waals surface area contributed by atoms with Crippen molar-refractivity contribution in [3.63, 3.8) is 0 Å². The number of amides is 2. The topological polar surface area (TPSA) is 138 Å². The molecule has 0 spiro atoms. The molecule has 1 saturated heterocycles. The van der Waals surface area contributed by atoms with Gasteiger partial charge < -0.3 is 25.0 Å². The first-order valence-electron chi connectivity index (χ1n) is 16.5. The van der Waals surface area contributed by atoms with Crippen LogP contribution in [0.3, 0.4) is 0 Å². The first kappa shape index (κ1) is 31.7. The molecule has 1 aliphatic carbocycles. The summed E-state index contributed by atoms with van der Waals surface area (Å²) in [6.45, 7) is 10.4. The fourth-order valence-electron chi connectivity index (χ4n) is 7.12. The number of carbonyl (C=O) groups is 2. The summed E-state index contributed by atoms with van der Waals surface area (Å²) in [5, 5.41) is 19.0. The number of aromatic nitrogens is 5. The summed E-state index contributed by atoms with van der Waals surface area (Å²) < 4.78 is 8.08. The van der Waals surface area contributed by atoms with E-state index in [2.05, 4.69) is 45.4 Å². The molecule has 3 aromatic heterocycles. The van der Waals surface area contributed by atoms with Crippen molar-refractivity contribution >= 4 is 22.9 Å². The first-order valence-corrected chi connectivity index (χ1v) is 16.5. The molecule has 2 unspecified atom stereocenters. The molecule has 46 heavy (non-hydrogen) atoms. The number of carboxylic acid groups (broad SMARTS) is 1. The molecule has 6 rings (SSSR count). The van der Waals surface area contributed by atoms with Crippen LogP contribution in [-0.4, -0.2) is 71.0 Å². The van der Waals surface area contributed by atoms with Crippen LogP contribution in [0.2, 0.25) is 0 Å². The van der Waals surface area contributed by atoms with Gasteiger partial charge in [-0.2, -0.15) is 5.10 Å². The Morgan fingerprint density at radius 1 is 1.13 bits per heavy atom. The van der Waals surface area contributed by atoms with Gasteiger partial charge in [0, 0.05) is 47.6 Å². The molecule has 4 aromatic rings. The second kappa shape index (κ2) is 12.9. The molecule has 1 aliphatic heterocycles. The number of hydrogen-bond donors (Lipinski definition) is 3. The van der Waals surface area contributed by atoms with Crippen molar-refractivity contribution in [3.05, 3.63) is 53.6 Å². The van der Waals surface area contributed by atoms with Crippen LogP contribution >= 0.6 is 0 Å². The molecule has 2 amide bonds. The fraction of sp³-hybridized carbons (Fsp3) is 0.514. The minimum Gasteiger partial charge on any atom is -0.465 e. The number of benzene rings is 1. The normalized spacial score (nSPS) is 18.2. The SMILES string of the molecule is Cc1c(CC(C)N(C(=O)O)C(C)(C)C)cncc1-c1ccc2c(c1)c(-c1ncc(C(=O)NC3CCCC3)[nH]1)nn2C1CCCCO1. The predicted molar refractivity (Wildman–Crippen MR) is 177 cm³/mol. The van der Waals surface area contributed by atoms with E-state index < -0.39 is 11.6 Å². The molecule has 3 N–H and O–H groups in total. The predicted octanol–water partition coefficient (Wildman–Crippen LogP) is 6.88. The summed E-state index contributed by atoms with van der Waals surface area (Å²) in [7, 11) is 0. The number of hydrogen-bond acceptors (Lipinski definition) is 6. The van der Waals surface area contributed by atoms with Crippen LogP contribution in [0.4, 0.5) is 4.79 Å². The number of pyridine rings is 1. The van der Waals surface area contributed by atoms with E-state index in [1.54, 1.807) is 6.20 Å². The molecule has 11 heteroatoms. The fourth-order valence-corrected chi connectivity index (χ4v) is 7.12. The minimum absolute atomic E-state index is 0.147. The highest BCUT2D eigenvalue weighted by atomic mass is 16.5. The number of nitrogens with zero attached hydrogens (tertiary/aromatic N) is 5. The number of aromatic amines is 1. The van der Waals surface area contributed by atoms with E-state index in [1.807, 2.05) is 44.8 Å². The molecule has 0 radical (unpaired) electrons. The van der Waals surface area contributed by atoms with E-state index in [0.29, 0.717) is 30.2 Å². The van der Waals surface area contributed by atoms with Crippen molar-refractivity contribution in [2.45, 2.75) is 110 Å². The summed E-state index contributed by atoms with van der Waals surface area (Å²) in [5.74, 6) is 0.382. The molecule has 4 heterocycles. The maximum atomic E-state index is 13.0. The molecule has 2 fully saturated rings. The Labute approximate surface area is 269 Å².